The lowest BCUT2D eigenvalue weighted by atomic mass is 9.64. The van der Waals surface area contributed by atoms with Crippen molar-refractivity contribution in [2.24, 2.45) is 5.41 Å². The van der Waals surface area contributed by atoms with Crippen molar-refractivity contribution in [2.45, 2.75) is 44.2 Å². The van der Waals surface area contributed by atoms with Crippen LogP contribution in [0.5, 0.6) is 0 Å². The number of halogens is 1. The summed E-state index contributed by atoms with van der Waals surface area (Å²) in [6, 6.07) is 3.88. The predicted octanol–water partition coefficient (Wildman–Crippen LogP) is 2.84. The third kappa shape index (κ3) is 3.21. The maximum Gasteiger partial charge on any atom is 0.175 e. The summed E-state index contributed by atoms with van der Waals surface area (Å²) in [4.78, 5) is 0.116. The van der Waals surface area contributed by atoms with E-state index in [9.17, 15) is 12.8 Å². The van der Waals surface area contributed by atoms with Gasteiger partial charge in [0.2, 0.25) is 0 Å². The van der Waals surface area contributed by atoms with Crippen LogP contribution in [0.4, 0.5) is 10.1 Å². The summed E-state index contributed by atoms with van der Waals surface area (Å²) in [6.07, 6.45) is 2.03. The summed E-state index contributed by atoms with van der Waals surface area (Å²) in [5, 5.41) is 3.12. The van der Waals surface area contributed by atoms with Gasteiger partial charge in [-0.3, -0.25) is 0 Å². The molecule has 2 atom stereocenters. The molecule has 0 bridgehead atoms. The summed E-state index contributed by atoms with van der Waals surface area (Å²) in [7, 11) is -3.35. The Morgan fingerprint density at radius 2 is 2.10 bits per heavy atom. The van der Waals surface area contributed by atoms with Crippen molar-refractivity contribution in [1.29, 1.82) is 0 Å². The van der Waals surface area contributed by atoms with Crippen molar-refractivity contribution in [1.82, 2.24) is 0 Å². The molecule has 1 saturated carbocycles. The van der Waals surface area contributed by atoms with Crippen LogP contribution < -0.4 is 5.32 Å². The average molecular weight is 315 g/mol. The number of sulfone groups is 1. The van der Waals surface area contributed by atoms with E-state index in [2.05, 4.69) is 19.2 Å². The van der Waals surface area contributed by atoms with Gasteiger partial charge in [-0.1, -0.05) is 13.8 Å². The predicted molar refractivity (Wildman–Crippen MR) is 80.7 cm³/mol. The van der Waals surface area contributed by atoms with E-state index < -0.39 is 15.7 Å². The molecule has 0 spiro atoms. The molecule has 0 aliphatic heterocycles. The zero-order valence-corrected chi connectivity index (χ0v) is 13.6. The fraction of sp³-hybridized carbons (Fsp3) is 0.600. The van der Waals surface area contributed by atoms with Crippen LogP contribution in [-0.4, -0.2) is 33.4 Å². The summed E-state index contributed by atoms with van der Waals surface area (Å²) in [6.45, 7) is 6.73. The third-order valence-corrected chi connectivity index (χ3v) is 5.35. The van der Waals surface area contributed by atoms with E-state index in [1.54, 1.807) is 0 Å². The van der Waals surface area contributed by atoms with Crippen LogP contribution >= 0.6 is 0 Å². The zero-order valence-electron chi connectivity index (χ0n) is 12.8. The van der Waals surface area contributed by atoms with E-state index in [1.807, 2.05) is 6.92 Å². The Labute approximate surface area is 125 Å². The highest BCUT2D eigenvalue weighted by molar-refractivity contribution is 7.90. The summed E-state index contributed by atoms with van der Waals surface area (Å²) >= 11 is 0. The molecule has 4 nitrogen and oxygen atoms in total. The lowest BCUT2D eigenvalue weighted by Gasteiger charge is -2.52. The van der Waals surface area contributed by atoms with Crippen molar-refractivity contribution in [3.05, 3.63) is 24.0 Å². The largest absolute Gasteiger partial charge is 0.379 e. The number of hydrogen-bond acceptors (Lipinski definition) is 4. The molecule has 1 fully saturated rings. The van der Waals surface area contributed by atoms with Crippen molar-refractivity contribution in [3.63, 3.8) is 0 Å². The van der Waals surface area contributed by atoms with E-state index in [-0.39, 0.29) is 28.1 Å². The first-order chi connectivity index (χ1) is 9.66. The molecule has 6 heteroatoms. The maximum absolute atomic E-state index is 13.9. The van der Waals surface area contributed by atoms with Gasteiger partial charge in [-0.15, -0.1) is 0 Å². The highest BCUT2D eigenvalue weighted by Gasteiger charge is 2.49. The van der Waals surface area contributed by atoms with Gasteiger partial charge in [0.1, 0.15) is 5.82 Å². The molecule has 1 N–H and O–H groups in total. The van der Waals surface area contributed by atoms with Crippen molar-refractivity contribution < 1.29 is 17.5 Å². The molecule has 1 aromatic rings. The van der Waals surface area contributed by atoms with E-state index in [0.29, 0.717) is 6.61 Å². The average Bonchev–Trinajstić information content (AvgIpc) is 2.38. The number of hydrogen-bond donors (Lipinski definition) is 1. The standard InChI is InChI=1S/C15H22FNO3S/c1-5-20-14-9-13(15(14,2)3)17-12-8-10(21(4,18)19)6-7-11(12)16/h6-8,13-14,17H,5,9H2,1-4H3. The first-order valence-corrected chi connectivity index (χ1v) is 8.93. The van der Waals surface area contributed by atoms with Crippen LogP contribution in [0.1, 0.15) is 27.2 Å². The third-order valence-electron chi connectivity index (χ3n) is 4.24. The Balaban J connectivity index is 2.18. The van der Waals surface area contributed by atoms with Crippen LogP contribution in [-0.2, 0) is 14.6 Å². The van der Waals surface area contributed by atoms with Gasteiger partial charge in [0.25, 0.3) is 0 Å². The molecular formula is C15H22FNO3S. The number of benzene rings is 1. The minimum atomic E-state index is -3.35. The minimum absolute atomic E-state index is 0.0540. The first-order valence-electron chi connectivity index (χ1n) is 7.04. The fourth-order valence-electron chi connectivity index (χ4n) is 2.65. The van der Waals surface area contributed by atoms with E-state index in [0.717, 1.165) is 12.7 Å². The summed E-state index contributed by atoms with van der Waals surface area (Å²) in [5.41, 5.74) is 0.106. The van der Waals surface area contributed by atoms with Crippen LogP contribution in [0, 0.1) is 11.2 Å². The second-order valence-electron chi connectivity index (χ2n) is 6.11. The molecular weight excluding hydrogens is 293 g/mol. The molecule has 0 heterocycles. The molecule has 21 heavy (non-hydrogen) atoms. The molecule has 0 radical (unpaired) electrons. The van der Waals surface area contributed by atoms with E-state index in [1.165, 1.54) is 18.2 Å². The normalized spacial score (nSPS) is 24.4. The van der Waals surface area contributed by atoms with Crippen LogP contribution in [0.2, 0.25) is 0 Å². The molecule has 0 saturated heterocycles. The molecule has 2 rings (SSSR count). The van der Waals surface area contributed by atoms with Crippen molar-refractivity contribution in [3.8, 4) is 0 Å². The SMILES string of the molecule is CCOC1CC(Nc2cc(S(C)(=O)=O)ccc2F)C1(C)C. The lowest BCUT2D eigenvalue weighted by Crippen LogP contribution is -2.58. The van der Waals surface area contributed by atoms with Crippen molar-refractivity contribution >= 4 is 15.5 Å². The van der Waals surface area contributed by atoms with Crippen molar-refractivity contribution in [2.75, 3.05) is 18.2 Å². The van der Waals surface area contributed by atoms with Crippen LogP contribution in [0.3, 0.4) is 0 Å². The second-order valence-corrected chi connectivity index (χ2v) is 8.13. The van der Waals surface area contributed by atoms with Gasteiger partial charge >= 0.3 is 0 Å². The van der Waals surface area contributed by atoms with Gasteiger partial charge in [0.05, 0.1) is 16.7 Å². The fourth-order valence-corrected chi connectivity index (χ4v) is 3.29. The van der Waals surface area contributed by atoms with Gasteiger partial charge in [0.15, 0.2) is 9.84 Å². The lowest BCUT2D eigenvalue weighted by molar-refractivity contribution is -0.0976. The first kappa shape index (κ1) is 16.2. The molecule has 118 valence electrons. The second kappa shape index (κ2) is 5.57. The van der Waals surface area contributed by atoms with Crippen LogP contribution in [0.25, 0.3) is 0 Å². The molecule has 2 unspecified atom stereocenters. The molecule has 0 amide bonds. The smallest absolute Gasteiger partial charge is 0.175 e. The Kier molecular flexibility index (Phi) is 4.31. The number of nitrogens with one attached hydrogen (secondary N) is 1. The highest BCUT2D eigenvalue weighted by atomic mass is 32.2. The van der Waals surface area contributed by atoms with Gasteiger partial charge in [-0.25, -0.2) is 12.8 Å². The highest BCUT2D eigenvalue weighted by Crippen LogP contribution is 2.44. The van der Waals surface area contributed by atoms with E-state index in [4.69, 9.17) is 4.74 Å². The Morgan fingerprint density at radius 3 is 2.62 bits per heavy atom. The van der Waals surface area contributed by atoms with Crippen LogP contribution in [0.15, 0.2) is 23.1 Å². The number of rotatable bonds is 5. The Hall–Kier alpha value is -1.14. The zero-order chi connectivity index (χ0) is 15.8. The van der Waals surface area contributed by atoms with Gasteiger partial charge in [-0.2, -0.15) is 0 Å². The van der Waals surface area contributed by atoms with E-state index >= 15 is 0 Å². The van der Waals surface area contributed by atoms with Gasteiger partial charge in [-0.05, 0) is 31.5 Å². The monoisotopic (exact) mass is 315 g/mol. The molecule has 1 aliphatic carbocycles. The van der Waals surface area contributed by atoms with Gasteiger partial charge in [0, 0.05) is 24.3 Å². The maximum atomic E-state index is 13.9. The molecule has 1 aromatic carbocycles. The Bertz CT molecular complexity index is 628. The number of anilines is 1. The molecule has 0 aromatic heterocycles. The summed E-state index contributed by atoms with van der Waals surface area (Å²) < 4.78 is 42.6. The quantitative estimate of drug-likeness (QED) is 0.849. The Morgan fingerprint density at radius 1 is 1.43 bits per heavy atom. The number of ether oxygens (including phenoxy) is 1. The summed E-state index contributed by atoms with van der Waals surface area (Å²) in [5.74, 6) is -0.446. The topological polar surface area (TPSA) is 55.4 Å². The molecule has 1 aliphatic rings. The van der Waals surface area contributed by atoms with Gasteiger partial charge < -0.3 is 10.1 Å². The minimum Gasteiger partial charge on any atom is -0.379 e.